The maximum absolute atomic E-state index is 14.5. The highest BCUT2D eigenvalue weighted by Crippen LogP contribution is 2.30. The summed E-state index contributed by atoms with van der Waals surface area (Å²) in [5.41, 5.74) is 2.13. The van der Waals surface area contributed by atoms with Crippen molar-refractivity contribution in [1.82, 2.24) is 9.80 Å². The molecule has 0 spiro atoms. The molecule has 1 saturated heterocycles. The quantitative estimate of drug-likeness (QED) is 0.494. The summed E-state index contributed by atoms with van der Waals surface area (Å²) >= 11 is 0. The Bertz CT molecular complexity index is 834. The van der Waals surface area contributed by atoms with Gasteiger partial charge in [0, 0.05) is 37.6 Å². The van der Waals surface area contributed by atoms with Gasteiger partial charge < -0.3 is 14.5 Å². The average molecular weight is 430 g/mol. The largest absolute Gasteiger partial charge is 0.497 e. The van der Waals surface area contributed by atoms with E-state index in [0.717, 1.165) is 25.1 Å². The molecule has 1 atom stereocenters. The first-order valence-electron chi connectivity index (χ1n) is 11.5. The molecule has 1 fully saturated rings. The topological polar surface area (TPSA) is 28.1 Å². The molecule has 1 aromatic rings. The maximum Gasteiger partial charge on any atom is 0.140 e. The fourth-order valence-electron chi connectivity index (χ4n) is 4.02. The van der Waals surface area contributed by atoms with Gasteiger partial charge in [0.05, 0.1) is 7.11 Å². The SMILES string of the molecule is C=C/C(=C1/N=C(CCCN2CCCCC2C)C=CN1C)c1cc(OC)ccc1F.CC.[HH]. The van der Waals surface area contributed by atoms with E-state index in [1.165, 1.54) is 31.9 Å². The Morgan fingerprint density at radius 1 is 1.35 bits per heavy atom. The molecule has 0 N–H and O–H groups in total. The van der Waals surface area contributed by atoms with Crippen LogP contribution in [0.15, 0.2) is 53.9 Å². The van der Waals surface area contributed by atoms with Gasteiger partial charge in [-0.1, -0.05) is 32.9 Å². The predicted octanol–water partition coefficient (Wildman–Crippen LogP) is 6.52. The molecule has 31 heavy (non-hydrogen) atoms. The van der Waals surface area contributed by atoms with Crippen molar-refractivity contribution < 1.29 is 10.6 Å². The van der Waals surface area contributed by atoms with Crippen LogP contribution < -0.4 is 4.74 Å². The lowest BCUT2D eigenvalue weighted by atomic mass is 10.0. The molecule has 5 heteroatoms. The summed E-state index contributed by atoms with van der Waals surface area (Å²) in [6.07, 6.45) is 11.6. The van der Waals surface area contributed by atoms with Crippen LogP contribution in [0, 0.1) is 5.82 Å². The number of halogens is 1. The third-order valence-electron chi connectivity index (χ3n) is 5.80. The zero-order valence-electron chi connectivity index (χ0n) is 19.8. The minimum atomic E-state index is -0.313. The Morgan fingerprint density at radius 2 is 2.13 bits per heavy atom. The Hall–Kier alpha value is -2.40. The normalized spacial score (nSPS) is 20.5. The molecule has 3 rings (SSSR count). The number of rotatable bonds is 7. The van der Waals surface area contributed by atoms with Crippen LogP contribution in [-0.4, -0.2) is 48.8 Å². The standard InChI is InChI=1S/C24H32FN3O.C2H6.H2/c1-5-21(22-17-20(29-4)11-12-23(22)25)24-26-19(13-16-27(24)3)10-8-15-28-14-7-6-9-18(28)2;1-2;/h5,11-13,16-18H,1,6-10,14-15H2,2-4H3;1-2H3;1H/b24-21+;;. The number of hydrogen-bond donors (Lipinski definition) is 0. The third-order valence-corrected chi connectivity index (χ3v) is 5.80. The molecule has 0 bridgehead atoms. The van der Waals surface area contributed by atoms with Crippen LogP contribution in [0.3, 0.4) is 0 Å². The third kappa shape index (κ3) is 6.54. The van der Waals surface area contributed by atoms with E-state index >= 15 is 0 Å². The zero-order chi connectivity index (χ0) is 22.8. The number of nitrogens with zero attached hydrogens (tertiary/aromatic N) is 3. The molecule has 1 aromatic carbocycles. The number of ether oxygens (including phenoxy) is 1. The summed E-state index contributed by atoms with van der Waals surface area (Å²) in [6.45, 7) is 12.5. The van der Waals surface area contributed by atoms with Gasteiger partial charge in [-0.3, -0.25) is 0 Å². The maximum atomic E-state index is 14.5. The van der Waals surface area contributed by atoms with Crippen LogP contribution in [0.4, 0.5) is 4.39 Å². The summed E-state index contributed by atoms with van der Waals surface area (Å²) in [7, 11) is 3.50. The van der Waals surface area contributed by atoms with Crippen LogP contribution in [0.5, 0.6) is 5.75 Å². The molecular formula is C26H40FN3O. The zero-order valence-corrected chi connectivity index (χ0v) is 19.8. The smallest absolute Gasteiger partial charge is 0.140 e. The number of hydrogen-bond acceptors (Lipinski definition) is 4. The highest BCUT2D eigenvalue weighted by atomic mass is 19.1. The second-order valence-corrected chi connectivity index (χ2v) is 7.80. The molecule has 0 radical (unpaired) electrons. The van der Waals surface area contributed by atoms with Crippen molar-refractivity contribution in [3.05, 3.63) is 60.3 Å². The lowest BCUT2D eigenvalue weighted by molar-refractivity contribution is 0.160. The Labute approximate surface area is 189 Å². The first-order valence-corrected chi connectivity index (χ1v) is 11.5. The lowest BCUT2D eigenvalue weighted by Gasteiger charge is -2.33. The number of allylic oxidation sites excluding steroid dienone is 3. The molecule has 1 unspecified atom stereocenters. The molecule has 0 amide bonds. The van der Waals surface area contributed by atoms with Gasteiger partial charge >= 0.3 is 0 Å². The first-order chi connectivity index (χ1) is 15.0. The number of methoxy groups -OCH3 is 1. The average Bonchev–Trinajstić information content (AvgIpc) is 2.80. The van der Waals surface area contributed by atoms with E-state index in [1.807, 2.05) is 38.1 Å². The molecule has 0 aromatic heterocycles. The summed E-state index contributed by atoms with van der Waals surface area (Å²) < 4.78 is 19.8. The van der Waals surface area contributed by atoms with Crippen molar-refractivity contribution in [1.29, 1.82) is 0 Å². The molecule has 2 heterocycles. The van der Waals surface area contributed by atoms with Crippen LogP contribution in [0.2, 0.25) is 0 Å². The number of aliphatic imine (C=N–C) groups is 1. The van der Waals surface area contributed by atoms with Gasteiger partial charge in [-0.25, -0.2) is 9.38 Å². The van der Waals surface area contributed by atoms with E-state index in [0.29, 0.717) is 28.7 Å². The first kappa shape index (κ1) is 24.9. The summed E-state index contributed by atoms with van der Waals surface area (Å²) in [5.74, 6) is 0.998. The van der Waals surface area contributed by atoms with Gasteiger partial charge in [-0.05, 0) is 70.0 Å². The fraction of sp³-hybridized carbons (Fsp3) is 0.500. The fourth-order valence-corrected chi connectivity index (χ4v) is 4.02. The van der Waals surface area contributed by atoms with Crippen molar-refractivity contribution in [2.45, 2.75) is 58.9 Å². The van der Waals surface area contributed by atoms with Crippen molar-refractivity contribution >= 4 is 11.3 Å². The number of likely N-dealkylation sites (tertiary alicyclic amines) is 1. The van der Waals surface area contributed by atoms with Crippen LogP contribution in [-0.2, 0) is 0 Å². The van der Waals surface area contributed by atoms with E-state index in [2.05, 4.69) is 18.4 Å². The molecule has 0 saturated carbocycles. The highest BCUT2D eigenvalue weighted by molar-refractivity contribution is 5.97. The molecule has 0 aliphatic carbocycles. The lowest BCUT2D eigenvalue weighted by Crippen LogP contribution is -2.38. The van der Waals surface area contributed by atoms with Crippen molar-refractivity contribution in [3.8, 4) is 5.75 Å². The van der Waals surface area contributed by atoms with Gasteiger partial charge in [0.1, 0.15) is 17.4 Å². The Morgan fingerprint density at radius 3 is 2.81 bits per heavy atom. The second-order valence-electron chi connectivity index (χ2n) is 7.80. The molecular weight excluding hydrogens is 389 g/mol. The summed E-state index contributed by atoms with van der Waals surface area (Å²) in [6, 6.07) is 5.41. The van der Waals surface area contributed by atoms with Gasteiger partial charge in [0.15, 0.2) is 0 Å². The van der Waals surface area contributed by atoms with Crippen LogP contribution in [0.1, 0.15) is 59.9 Å². The number of benzene rings is 1. The van der Waals surface area contributed by atoms with E-state index in [9.17, 15) is 4.39 Å². The van der Waals surface area contributed by atoms with Gasteiger partial charge in [-0.2, -0.15) is 0 Å². The van der Waals surface area contributed by atoms with E-state index in [4.69, 9.17) is 9.73 Å². The molecule has 2 aliphatic heterocycles. The van der Waals surface area contributed by atoms with E-state index in [1.54, 1.807) is 25.3 Å². The van der Waals surface area contributed by atoms with Gasteiger partial charge in [0.2, 0.25) is 0 Å². The monoisotopic (exact) mass is 429 g/mol. The van der Waals surface area contributed by atoms with Gasteiger partial charge in [0.25, 0.3) is 0 Å². The van der Waals surface area contributed by atoms with Crippen molar-refractivity contribution in [2.24, 2.45) is 4.99 Å². The molecule has 172 valence electrons. The minimum Gasteiger partial charge on any atom is -0.497 e. The molecule has 2 aliphatic rings. The Balaban J connectivity index is 0.00000166. The van der Waals surface area contributed by atoms with Crippen LogP contribution in [0.25, 0.3) is 5.57 Å². The number of piperidine rings is 1. The summed E-state index contributed by atoms with van der Waals surface area (Å²) in [4.78, 5) is 9.34. The highest BCUT2D eigenvalue weighted by Gasteiger charge is 2.19. The van der Waals surface area contributed by atoms with Crippen molar-refractivity contribution in [3.63, 3.8) is 0 Å². The van der Waals surface area contributed by atoms with Crippen LogP contribution >= 0.6 is 0 Å². The van der Waals surface area contributed by atoms with E-state index in [-0.39, 0.29) is 7.24 Å². The van der Waals surface area contributed by atoms with Gasteiger partial charge in [-0.15, -0.1) is 0 Å². The molecule has 4 nitrogen and oxygen atoms in total. The van der Waals surface area contributed by atoms with E-state index < -0.39 is 0 Å². The predicted molar refractivity (Wildman–Crippen MR) is 132 cm³/mol. The Kier molecular flexibility index (Phi) is 9.99. The second kappa shape index (κ2) is 12.5. The van der Waals surface area contributed by atoms with Crippen molar-refractivity contribution in [2.75, 3.05) is 27.2 Å². The summed E-state index contributed by atoms with van der Waals surface area (Å²) in [5, 5.41) is 0. The minimum absolute atomic E-state index is 0.